The van der Waals surface area contributed by atoms with Crippen LogP contribution in [0.5, 0.6) is 0 Å². The molecule has 0 fully saturated rings. The lowest BCUT2D eigenvalue weighted by molar-refractivity contribution is 0.253. The van der Waals surface area contributed by atoms with Crippen LogP contribution in [0.1, 0.15) is 5.56 Å². The minimum atomic E-state index is -0.269. The molecule has 1 amide bonds. The van der Waals surface area contributed by atoms with Gasteiger partial charge in [-0.05, 0) is 6.92 Å². The summed E-state index contributed by atoms with van der Waals surface area (Å²) in [7, 11) is 0. The normalized spacial score (nSPS) is 10.1. The second-order valence-corrected chi connectivity index (χ2v) is 2.83. The standard InChI is InChI=1S/C8H9N5O/c1-6-4-10-12-7(6)11-8(14)13-3-2-9-5-13/h2-5H,1H3,(H2,10,11,12,14). The fourth-order valence-electron chi connectivity index (χ4n) is 1.02. The van der Waals surface area contributed by atoms with Gasteiger partial charge < -0.3 is 0 Å². The molecular formula is C8H9N5O. The molecule has 0 saturated carbocycles. The van der Waals surface area contributed by atoms with Crippen LogP contribution in [0.4, 0.5) is 10.6 Å². The van der Waals surface area contributed by atoms with Gasteiger partial charge in [0.15, 0.2) is 0 Å². The van der Waals surface area contributed by atoms with Crippen LogP contribution in [0.25, 0.3) is 0 Å². The number of aromatic nitrogens is 4. The minimum Gasteiger partial charge on any atom is -0.292 e. The highest BCUT2D eigenvalue weighted by Gasteiger charge is 2.06. The van der Waals surface area contributed by atoms with Crippen molar-refractivity contribution in [2.75, 3.05) is 5.32 Å². The second kappa shape index (κ2) is 3.33. The molecule has 0 bridgehead atoms. The van der Waals surface area contributed by atoms with E-state index in [1.165, 1.54) is 10.9 Å². The van der Waals surface area contributed by atoms with Gasteiger partial charge in [0.2, 0.25) is 0 Å². The molecule has 0 spiro atoms. The Kier molecular flexibility index (Phi) is 2.02. The number of anilines is 1. The maximum Gasteiger partial charge on any atom is 0.332 e. The maximum atomic E-state index is 11.5. The van der Waals surface area contributed by atoms with Crippen molar-refractivity contribution >= 4 is 11.8 Å². The van der Waals surface area contributed by atoms with Crippen LogP contribution in [0.3, 0.4) is 0 Å². The van der Waals surface area contributed by atoms with Crippen molar-refractivity contribution in [1.29, 1.82) is 0 Å². The number of carbonyl (C=O) groups excluding carboxylic acids is 1. The fourth-order valence-corrected chi connectivity index (χ4v) is 1.02. The maximum absolute atomic E-state index is 11.5. The number of nitrogens with one attached hydrogen (secondary N) is 2. The zero-order valence-electron chi connectivity index (χ0n) is 7.56. The van der Waals surface area contributed by atoms with Gasteiger partial charge in [0, 0.05) is 18.0 Å². The number of hydrogen-bond acceptors (Lipinski definition) is 3. The summed E-state index contributed by atoms with van der Waals surface area (Å²) in [6.45, 7) is 1.85. The Morgan fingerprint density at radius 2 is 2.50 bits per heavy atom. The average Bonchev–Trinajstić information content (AvgIpc) is 2.77. The van der Waals surface area contributed by atoms with Gasteiger partial charge in [0.05, 0.1) is 6.20 Å². The lowest BCUT2D eigenvalue weighted by Gasteiger charge is -2.02. The van der Waals surface area contributed by atoms with Gasteiger partial charge in [-0.3, -0.25) is 15.0 Å². The van der Waals surface area contributed by atoms with E-state index in [9.17, 15) is 4.79 Å². The van der Waals surface area contributed by atoms with E-state index in [-0.39, 0.29) is 6.03 Å². The van der Waals surface area contributed by atoms with Gasteiger partial charge >= 0.3 is 6.03 Å². The van der Waals surface area contributed by atoms with Crippen molar-refractivity contribution in [2.45, 2.75) is 6.92 Å². The van der Waals surface area contributed by atoms with Crippen LogP contribution in [0.2, 0.25) is 0 Å². The van der Waals surface area contributed by atoms with E-state index in [1.807, 2.05) is 6.92 Å². The first-order valence-electron chi connectivity index (χ1n) is 4.06. The molecule has 2 N–H and O–H groups in total. The van der Waals surface area contributed by atoms with E-state index in [0.717, 1.165) is 5.56 Å². The highest BCUT2D eigenvalue weighted by molar-refractivity contribution is 5.90. The first kappa shape index (κ1) is 8.49. The molecule has 6 heteroatoms. The molecule has 2 heterocycles. The SMILES string of the molecule is Cc1cn[nH]c1NC(=O)n1ccnc1. The average molecular weight is 191 g/mol. The molecule has 6 nitrogen and oxygen atoms in total. The molecule has 0 aliphatic carbocycles. The topological polar surface area (TPSA) is 75.6 Å². The summed E-state index contributed by atoms with van der Waals surface area (Å²) in [5, 5.41) is 9.13. The van der Waals surface area contributed by atoms with E-state index in [2.05, 4.69) is 20.5 Å². The predicted octanol–water partition coefficient (Wildman–Crippen LogP) is 0.995. The van der Waals surface area contributed by atoms with E-state index >= 15 is 0 Å². The third-order valence-corrected chi connectivity index (χ3v) is 1.80. The predicted molar refractivity (Wildman–Crippen MR) is 50.0 cm³/mol. The Morgan fingerprint density at radius 3 is 3.07 bits per heavy atom. The number of H-pyrrole nitrogens is 1. The van der Waals surface area contributed by atoms with Crippen LogP contribution in [0.15, 0.2) is 24.9 Å². The number of aromatic amines is 1. The molecule has 2 rings (SSSR count). The number of imidazole rings is 1. The van der Waals surface area contributed by atoms with Gasteiger partial charge in [0.1, 0.15) is 12.1 Å². The van der Waals surface area contributed by atoms with Crippen molar-refractivity contribution < 1.29 is 4.79 Å². The van der Waals surface area contributed by atoms with Crippen molar-refractivity contribution in [3.05, 3.63) is 30.5 Å². The molecular weight excluding hydrogens is 182 g/mol. The summed E-state index contributed by atoms with van der Waals surface area (Å²) in [5.74, 6) is 0.601. The largest absolute Gasteiger partial charge is 0.332 e. The van der Waals surface area contributed by atoms with Crippen LogP contribution in [-0.2, 0) is 0 Å². The third kappa shape index (κ3) is 1.49. The lowest BCUT2D eigenvalue weighted by Crippen LogP contribution is -2.18. The van der Waals surface area contributed by atoms with Crippen LogP contribution < -0.4 is 5.32 Å². The van der Waals surface area contributed by atoms with Crippen LogP contribution in [-0.4, -0.2) is 25.8 Å². The van der Waals surface area contributed by atoms with Gasteiger partial charge in [0.25, 0.3) is 0 Å². The van der Waals surface area contributed by atoms with E-state index < -0.39 is 0 Å². The Labute approximate surface area is 80.0 Å². The Bertz CT molecular complexity index is 430. The van der Waals surface area contributed by atoms with E-state index in [0.29, 0.717) is 5.82 Å². The summed E-state index contributed by atoms with van der Waals surface area (Å²) in [6, 6.07) is -0.269. The highest BCUT2D eigenvalue weighted by atomic mass is 16.2. The third-order valence-electron chi connectivity index (χ3n) is 1.80. The summed E-state index contributed by atoms with van der Waals surface area (Å²) >= 11 is 0. The quantitative estimate of drug-likeness (QED) is 0.705. The molecule has 0 saturated heterocycles. The van der Waals surface area contributed by atoms with Crippen molar-refractivity contribution in [1.82, 2.24) is 19.7 Å². The fraction of sp³-hybridized carbons (Fsp3) is 0.125. The molecule has 0 aliphatic heterocycles. The zero-order valence-corrected chi connectivity index (χ0v) is 7.56. The summed E-state index contributed by atoms with van der Waals surface area (Å²) in [6.07, 6.45) is 6.19. The van der Waals surface area contributed by atoms with Crippen molar-refractivity contribution in [3.8, 4) is 0 Å². The van der Waals surface area contributed by atoms with Crippen LogP contribution >= 0.6 is 0 Å². The minimum absolute atomic E-state index is 0.269. The molecule has 2 aromatic heterocycles. The monoisotopic (exact) mass is 191 g/mol. The molecule has 14 heavy (non-hydrogen) atoms. The number of hydrogen-bond donors (Lipinski definition) is 2. The van der Waals surface area contributed by atoms with Gasteiger partial charge in [-0.15, -0.1) is 0 Å². The number of amides is 1. The Morgan fingerprint density at radius 1 is 1.64 bits per heavy atom. The lowest BCUT2D eigenvalue weighted by atomic mass is 10.4. The molecule has 0 aliphatic rings. The van der Waals surface area contributed by atoms with Gasteiger partial charge in [-0.2, -0.15) is 5.10 Å². The molecule has 0 unspecified atom stereocenters. The molecule has 0 aromatic carbocycles. The Balaban J connectivity index is 2.13. The summed E-state index contributed by atoms with van der Waals surface area (Å²) < 4.78 is 1.35. The van der Waals surface area contributed by atoms with Gasteiger partial charge in [-0.25, -0.2) is 9.78 Å². The van der Waals surface area contributed by atoms with Gasteiger partial charge in [-0.1, -0.05) is 0 Å². The first-order valence-corrected chi connectivity index (χ1v) is 4.06. The first-order chi connectivity index (χ1) is 6.77. The molecule has 72 valence electrons. The smallest absolute Gasteiger partial charge is 0.292 e. The molecule has 0 radical (unpaired) electrons. The van der Waals surface area contributed by atoms with Crippen molar-refractivity contribution in [2.24, 2.45) is 0 Å². The highest BCUT2D eigenvalue weighted by Crippen LogP contribution is 2.08. The summed E-state index contributed by atoms with van der Waals surface area (Å²) in [4.78, 5) is 15.3. The number of rotatable bonds is 1. The van der Waals surface area contributed by atoms with E-state index in [4.69, 9.17) is 0 Å². The second-order valence-electron chi connectivity index (χ2n) is 2.83. The van der Waals surface area contributed by atoms with E-state index in [1.54, 1.807) is 18.6 Å². The molecule has 2 aromatic rings. The van der Waals surface area contributed by atoms with Crippen molar-refractivity contribution in [3.63, 3.8) is 0 Å². The van der Waals surface area contributed by atoms with Crippen LogP contribution in [0, 0.1) is 6.92 Å². The number of nitrogens with zero attached hydrogens (tertiary/aromatic N) is 3. The zero-order chi connectivity index (χ0) is 9.97. The number of aryl methyl sites for hydroxylation is 1. The number of carbonyl (C=O) groups is 1. The molecule has 0 atom stereocenters. The Hall–Kier alpha value is -2.11. The summed E-state index contributed by atoms with van der Waals surface area (Å²) in [5.41, 5.74) is 0.887.